The molecule has 2 aliphatic rings. The lowest BCUT2D eigenvalue weighted by Gasteiger charge is -2.36. The maximum absolute atomic E-state index is 14.4. The summed E-state index contributed by atoms with van der Waals surface area (Å²) in [4.78, 5) is 80.1. The average molecular weight is 841 g/mol. The van der Waals surface area contributed by atoms with Gasteiger partial charge in [0.15, 0.2) is 0 Å². The van der Waals surface area contributed by atoms with Crippen LogP contribution in [0.1, 0.15) is 86.1 Å². The third-order valence-corrected chi connectivity index (χ3v) is 10.2. The first kappa shape index (κ1) is 49.2. The number of allylic oxidation sites excluding steroid dienone is 4. The zero-order chi connectivity index (χ0) is 44.7. The summed E-state index contributed by atoms with van der Waals surface area (Å²) < 4.78 is 25.5. The number of fused-ring (bicyclic) bond motifs is 2. The second kappa shape index (κ2) is 23.6. The number of nitrogens with zero attached hydrogens (tertiary/aromatic N) is 1. The van der Waals surface area contributed by atoms with Crippen LogP contribution in [-0.2, 0) is 44.7 Å². The van der Waals surface area contributed by atoms with E-state index in [9.17, 15) is 48.5 Å². The number of ketones is 1. The molecule has 1 aromatic carbocycles. The van der Waals surface area contributed by atoms with E-state index in [2.05, 4.69) is 16.1 Å². The van der Waals surface area contributed by atoms with Crippen molar-refractivity contribution in [1.29, 1.82) is 0 Å². The number of aliphatic hydroxyl groups is 2. The Morgan fingerprint density at radius 1 is 1.03 bits per heavy atom. The maximum atomic E-state index is 14.4. The number of carbonyl (C=O) groups excluding carboxylic acids is 6. The molecule has 1 saturated heterocycles. The molecule has 1 aromatic rings. The Labute approximate surface area is 351 Å². The molecule has 2 heterocycles. The summed E-state index contributed by atoms with van der Waals surface area (Å²) in [5.74, 6) is -7.58. The molecule has 3 amide bonds. The highest BCUT2D eigenvalue weighted by Gasteiger charge is 2.38. The number of amides is 3. The lowest BCUT2D eigenvalue weighted by molar-refractivity contribution is -0.156. The number of Topliss-reactive ketones (excluding diaryl/α,β-unsaturated/α-hetero) is 1. The molecule has 2 aliphatic heterocycles. The van der Waals surface area contributed by atoms with Gasteiger partial charge < -0.3 is 40.2 Å². The van der Waals surface area contributed by atoms with Crippen LogP contribution in [0.5, 0.6) is 5.75 Å². The largest absolute Gasteiger partial charge is 0.508 e. The first-order chi connectivity index (χ1) is 28.3. The van der Waals surface area contributed by atoms with E-state index in [4.69, 9.17) is 9.47 Å². The molecule has 60 heavy (non-hydrogen) atoms. The standard InChI is InChI=1S/C44H61FN4O11/c1-25(2)39-42(56)46-35(23-30-21-31(45)24-32(51)22-30)43(57)49-20-12-14-34(48-49)44(58)60-37(27(5)13-11-17-38(53)59-26(3)4)16-10-8-9-15-36(52)29(7)40(54)33(41(55)47-39)19-18-28(6)50/h8-11,13,15,17,21-22,24-26,29,33-37,39-40,48,51-52,54H,12,14,16,18-20,23H2,1-7H3,(H,46,56)(H,47,55)/b10-8+,15-9+,17-11+,27-13+/t29-,33+,34?,35-,36-,37-,39-,40+/m0/s1. The average Bonchev–Trinajstić information content (AvgIpc) is 3.16. The van der Waals surface area contributed by atoms with E-state index in [1.165, 1.54) is 49.2 Å². The van der Waals surface area contributed by atoms with Crippen molar-refractivity contribution in [1.82, 2.24) is 21.1 Å². The summed E-state index contributed by atoms with van der Waals surface area (Å²) in [6.07, 6.45) is 7.09. The van der Waals surface area contributed by atoms with Crippen molar-refractivity contribution in [2.45, 2.75) is 130 Å². The van der Waals surface area contributed by atoms with Crippen molar-refractivity contribution in [3.63, 3.8) is 0 Å². The number of rotatable bonds is 10. The number of benzene rings is 1. The van der Waals surface area contributed by atoms with E-state index in [1.807, 2.05) is 0 Å². The van der Waals surface area contributed by atoms with Gasteiger partial charge in [0.2, 0.25) is 11.8 Å². The first-order valence-corrected chi connectivity index (χ1v) is 20.4. The molecule has 16 heteroatoms. The van der Waals surface area contributed by atoms with E-state index < -0.39 is 95.4 Å². The van der Waals surface area contributed by atoms with Crippen molar-refractivity contribution < 1.29 is 58.0 Å². The predicted octanol–water partition coefficient (Wildman–Crippen LogP) is 3.42. The monoisotopic (exact) mass is 840 g/mol. The Bertz CT molecular complexity index is 1790. The summed E-state index contributed by atoms with van der Waals surface area (Å²) in [5.41, 5.74) is 3.66. The molecular formula is C44H61FN4O11. The van der Waals surface area contributed by atoms with Crippen LogP contribution in [0, 0.1) is 23.6 Å². The summed E-state index contributed by atoms with van der Waals surface area (Å²) in [7, 11) is 0. The highest BCUT2D eigenvalue weighted by atomic mass is 19.1. The van der Waals surface area contributed by atoms with Crippen molar-refractivity contribution in [3.05, 3.63) is 77.7 Å². The lowest BCUT2D eigenvalue weighted by atomic mass is 9.84. The predicted molar refractivity (Wildman–Crippen MR) is 220 cm³/mol. The van der Waals surface area contributed by atoms with E-state index in [1.54, 1.807) is 52.8 Å². The number of aromatic hydroxyl groups is 1. The fraction of sp³-hybridized carbons (Fsp3) is 0.545. The number of hydrogen-bond acceptors (Lipinski definition) is 12. The summed E-state index contributed by atoms with van der Waals surface area (Å²) in [6, 6.07) is -0.415. The maximum Gasteiger partial charge on any atom is 0.330 e. The SMILES string of the molecule is CC(=O)CC[C@H]1C(=O)N[C@@H](C(C)C)C(=O)N[C@@H](Cc2cc(O)cc(F)c2)C(=O)N2CCCC(N2)C(=O)O[C@H](/C(C)=C/C=C/C(=O)OC(C)C)C/C=C/C=C/[C@H](O)[C@H](C)[C@H]1O. The van der Waals surface area contributed by atoms with E-state index in [0.29, 0.717) is 18.4 Å². The van der Waals surface area contributed by atoms with Crippen LogP contribution in [0.25, 0.3) is 0 Å². The zero-order valence-electron chi connectivity index (χ0n) is 35.4. The third kappa shape index (κ3) is 15.4. The normalized spacial score (nSPS) is 28.0. The second-order valence-electron chi connectivity index (χ2n) is 16.0. The number of phenols is 1. The van der Waals surface area contributed by atoms with E-state index >= 15 is 0 Å². The van der Waals surface area contributed by atoms with Gasteiger partial charge in [0.05, 0.1) is 24.2 Å². The first-order valence-electron chi connectivity index (χ1n) is 20.4. The summed E-state index contributed by atoms with van der Waals surface area (Å²) in [6.45, 7) is 11.5. The number of nitrogens with one attached hydrogen (secondary N) is 3. The molecule has 8 atom stereocenters. The van der Waals surface area contributed by atoms with Crippen LogP contribution < -0.4 is 16.1 Å². The zero-order valence-corrected chi connectivity index (χ0v) is 35.4. The number of carbonyl (C=O) groups is 6. The Balaban J connectivity index is 2.09. The van der Waals surface area contributed by atoms with Gasteiger partial charge in [-0.25, -0.2) is 14.6 Å². The lowest BCUT2D eigenvalue weighted by Crippen LogP contribution is -2.62. The van der Waals surface area contributed by atoms with Crippen LogP contribution in [0.4, 0.5) is 4.39 Å². The van der Waals surface area contributed by atoms with E-state index in [-0.39, 0.29) is 49.7 Å². The molecule has 6 N–H and O–H groups in total. The van der Waals surface area contributed by atoms with Crippen LogP contribution >= 0.6 is 0 Å². The van der Waals surface area contributed by atoms with Gasteiger partial charge in [-0.3, -0.25) is 24.2 Å². The number of phenolic OH excluding ortho intramolecular Hbond substituents is 1. The van der Waals surface area contributed by atoms with Gasteiger partial charge in [0, 0.05) is 43.9 Å². The van der Waals surface area contributed by atoms with Crippen LogP contribution in [0.15, 0.2) is 66.3 Å². The number of halogens is 1. The molecule has 1 unspecified atom stereocenters. The molecule has 0 spiro atoms. The fourth-order valence-electron chi connectivity index (χ4n) is 6.77. The Hall–Kier alpha value is -5.19. The topological polar surface area (TPSA) is 221 Å². The molecule has 0 aromatic heterocycles. The molecule has 1 fully saturated rings. The molecule has 0 radical (unpaired) electrons. The van der Waals surface area contributed by atoms with Crippen molar-refractivity contribution in [3.8, 4) is 5.75 Å². The van der Waals surface area contributed by atoms with Gasteiger partial charge in [-0.15, -0.1) is 0 Å². The van der Waals surface area contributed by atoms with Crippen molar-refractivity contribution in [2.75, 3.05) is 6.54 Å². The molecule has 3 rings (SSSR count). The molecule has 0 aliphatic carbocycles. The smallest absolute Gasteiger partial charge is 0.330 e. The van der Waals surface area contributed by atoms with Crippen molar-refractivity contribution >= 4 is 35.4 Å². The quantitative estimate of drug-likeness (QED) is 0.113. The number of cyclic esters (lactones) is 1. The minimum absolute atomic E-state index is 0.0621. The van der Waals surface area contributed by atoms with Crippen LogP contribution in [-0.4, -0.2) is 105 Å². The fourth-order valence-corrected chi connectivity index (χ4v) is 6.77. The van der Waals surface area contributed by atoms with Crippen LogP contribution in [0.3, 0.4) is 0 Å². The van der Waals surface area contributed by atoms with Crippen LogP contribution in [0.2, 0.25) is 0 Å². The molecule has 0 saturated carbocycles. The molecule has 15 nitrogen and oxygen atoms in total. The highest BCUT2D eigenvalue weighted by Crippen LogP contribution is 2.24. The summed E-state index contributed by atoms with van der Waals surface area (Å²) in [5, 5.41) is 39.2. The van der Waals surface area contributed by atoms with Gasteiger partial charge in [0.25, 0.3) is 5.91 Å². The number of esters is 2. The number of ether oxygens (including phenoxy) is 2. The minimum Gasteiger partial charge on any atom is -0.508 e. The van der Waals surface area contributed by atoms with Gasteiger partial charge in [-0.1, -0.05) is 57.2 Å². The second-order valence-corrected chi connectivity index (χ2v) is 16.0. The van der Waals surface area contributed by atoms with Gasteiger partial charge in [-0.05, 0) is 76.1 Å². The van der Waals surface area contributed by atoms with Gasteiger partial charge in [-0.2, -0.15) is 0 Å². The number of hydrazine groups is 1. The van der Waals surface area contributed by atoms with Crippen molar-refractivity contribution in [2.24, 2.45) is 17.8 Å². The van der Waals surface area contributed by atoms with Gasteiger partial charge >= 0.3 is 11.9 Å². The summed E-state index contributed by atoms with van der Waals surface area (Å²) >= 11 is 0. The van der Waals surface area contributed by atoms with E-state index in [0.717, 1.165) is 12.1 Å². The highest BCUT2D eigenvalue weighted by molar-refractivity contribution is 5.93. The number of hydrogen-bond donors (Lipinski definition) is 6. The Morgan fingerprint density at radius 3 is 2.40 bits per heavy atom. The molecular weight excluding hydrogens is 779 g/mol. The Kier molecular flexibility index (Phi) is 19.3. The molecule has 330 valence electrons. The minimum atomic E-state index is -1.46. The molecule has 2 bridgehead atoms. The third-order valence-electron chi connectivity index (χ3n) is 10.2. The van der Waals surface area contributed by atoms with Gasteiger partial charge in [0.1, 0.15) is 41.6 Å². The number of aliphatic hydroxyl groups excluding tert-OH is 2. The Morgan fingerprint density at radius 2 is 1.75 bits per heavy atom.